The van der Waals surface area contributed by atoms with Gasteiger partial charge in [0, 0.05) is 25.7 Å². The fraction of sp³-hybridized carbons (Fsp3) is 0.833. The number of likely N-dealkylation sites (N-methyl/N-ethyl adjacent to an activating group) is 1. The molecular weight excluding hydrogens is 172 g/mol. The van der Waals surface area contributed by atoms with E-state index in [2.05, 4.69) is 37.1 Å². The van der Waals surface area contributed by atoms with Gasteiger partial charge in [0.1, 0.15) is 0 Å². The average Bonchev–Trinajstić information content (AvgIpc) is 2.19. The van der Waals surface area contributed by atoms with E-state index in [1.165, 1.54) is 31.5 Å². The van der Waals surface area contributed by atoms with Gasteiger partial charge in [-0.2, -0.15) is 0 Å². The van der Waals surface area contributed by atoms with Gasteiger partial charge in [-0.05, 0) is 26.3 Å². The molecule has 1 rings (SSSR count). The Bertz CT molecular complexity index is 187. The van der Waals surface area contributed by atoms with E-state index in [4.69, 9.17) is 0 Å². The van der Waals surface area contributed by atoms with Crippen molar-refractivity contribution in [1.29, 1.82) is 0 Å². The van der Waals surface area contributed by atoms with Crippen LogP contribution in [0.2, 0.25) is 0 Å². The zero-order chi connectivity index (χ0) is 10.4. The van der Waals surface area contributed by atoms with Crippen molar-refractivity contribution in [1.82, 2.24) is 10.2 Å². The maximum atomic E-state index is 3.45. The number of rotatable bonds is 5. The van der Waals surface area contributed by atoms with Crippen LogP contribution >= 0.6 is 0 Å². The molecule has 0 spiro atoms. The van der Waals surface area contributed by atoms with Crippen molar-refractivity contribution in [2.24, 2.45) is 0 Å². The molecule has 0 radical (unpaired) electrons. The number of hydrogen-bond acceptors (Lipinski definition) is 2. The smallest absolute Gasteiger partial charge is 0.0221 e. The summed E-state index contributed by atoms with van der Waals surface area (Å²) in [5.41, 5.74) is 1.53. The first-order chi connectivity index (χ1) is 6.77. The van der Waals surface area contributed by atoms with E-state index in [9.17, 15) is 0 Å². The molecule has 0 aromatic carbocycles. The lowest BCUT2D eigenvalue weighted by Crippen LogP contribution is -2.44. The van der Waals surface area contributed by atoms with Gasteiger partial charge in [-0.15, -0.1) is 0 Å². The highest BCUT2D eigenvalue weighted by atomic mass is 15.2. The average molecular weight is 196 g/mol. The summed E-state index contributed by atoms with van der Waals surface area (Å²) in [6, 6.07) is 0.721. The molecule has 2 heteroatoms. The van der Waals surface area contributed by atoms with Crippen LogP contribution in [0.15, 0.2) is 11.6 Å². The van der Waals surface area contributed by atoms with Crippen molar-refractivity contribution in [2.45, 2.75) is 39.7 Å². The van der Waals surface area contributed by atoms with Crippen molar-refractivity contribution in [3.8, 4) is 0 Å². The lowest BCUT2D eigenvalue weighted by Gasteiger charge is -2.33. The molecule has 82 valence electrons. The summed E-state index contributed by atoms with van der Waals surface area (Å²) < 4.78 is 0. The molecule has 1 N–H and O–H groups in total. The standard InChI is InChI=1S/C12H24N2/c1-4-12(9-13-5-2)14-8-6-7-11(3)10-14/h7,12-13H,4-6,8-10H2,1-3H3. The molecule has 1 aliphatic rings. The van der Waals surface area contributed by atoms with Gasteiger partial charge >= 0.3 is 0 Å². The van der Waals surface area contributed by atoms with Crippen molar-refractivity contribution in [2.75, 3.05) is 26.2 Å². The van der Waals surface area contributed by atoms with E-state index >= 15 is 0 Å². The molecule has 0 aromatic rings. The van der Waals surface area contributed by atoms with Crippen LogP contribution in [0.5, 0.6) is 0 Å². The maximum Gasteiger partial charge on any atom is 0.0221 e. The Labute approximate surface area is 88.4 Å². The van der Waals surface area contributed by atoms with Gasteiger partial charge < -0.3 is 5.32 Å². The molecular formula is C12H24N2. The van der Waals surface area contributed by atoms with Crippen molar-refractivity contribution in [3.63, 3.8) is 0 Å². The van der Waals surface area contributed by atoms with Gasteiger partial charge in [-0.1, -0.05) is 25.5 Å². The van der Waals surface area contributed by atoms with E-state index in [0.29, 0.717) is 0 Å². The molecule has 1 atom stereocenters. The Morgan fingerprint density at radius 3 is 2.86 bits per heavy atom. The Morgan fingerprint density at radius 1 is 1.50 bits per heavy atom. The molecule has 0 saturated heterocycles. The lowest BCUT2D eigenvalue weighted by molar-refractivity contribution is 0.198. The van der Waals surface area contributed by atoms with E-state index in [1.54, 1.807) is 0 Å². The minimum Gasteiger partial charge on any atom is -0.315 e. The van der Waals surface area contributed by atoms with Crippen molar-refractivity contribution < 1.29 is 0 Å². The highest BCUT2D eigenvalue weighted by molar-refractivity contribution is 5.05. The molecule has 14 heavy (non-hydrogen) atoms. The van der Waals surface area contributed by atoms with E-state index in [1.807, 2.05) is 0 Å². The first kappa shape index (κ1) is 11.7. The van der Waals surface area contributed by atoms with Crippen molar-refractivity contribution in [3.05, 3.63) is 11.6 Å². The number of hydrogen-bond donors (Lipinski definition) is 1. The summed E-state index contributed by atoms with van der Waals surface area (Å²) in [5.74, 6) is 0. The van der Waals surface area contributed by atoms with Crippen LogP contribution in [0.4, 0.5) is 0 Å². The Morgan fingerprint density at radius 2 is 2.29 bits per heavy atom. The van der Waals surface area contributed by atoms with Gasteiger partial charge in [0.05, 0.1) is 0 Å². The van der Waals surface area contributed by atoms with Crippen molar-refractivity contribution >= 4 is 0 Å². The minimum atomic E-state index is 0.721. The third kappa shape index (κ3) is 3.43. The van der Waals surface area contributed by atoms with Crippen LogP contribution in [0.3, 0.4) is 0 Å². The zero-order valence-corrected chi connectivity index (χ0v) is 9.84. The highest BCUT2D eigenvalue weighted by Gasteiger charge is 2.18. The topological polar surface area (TPSA) is 15.3 Å². The molecule has 2 nitrogen and oxygen atoms in total. The number of nitrogens with one attached hydrogen (secondary N) is 1. The van der Waals surface area contributed by atoms with Crippen LogP contribution in [0.25, 0.3) is 0 Å². The van der Waals surface area contributed by atoms with Gasteiger partial charge in [-0.3, -0.25) is 4.90 Å². The summed E-state index contributed by atoms with van der Waals surface area (Å²) in [7, 11) is 0. The first-order valence-corrected chi connectivity index (χ1v) is 5.88. The second kappa shape index (κ2) is 6.20. The highest BCUT2D eigenvalue weighted by Crippen LogP contribution is 2.13. The molecule has 0 fully saturated rings. The van der Waals surface area contributed by atoms with Crippen LogP contribution < -0.4 is 5.32 Å². The van der Waals surface area contributed by atoms with Gasteiger partial charge in [-0.25, -0.2) is 0 Å². The van der Waals surface area contributed by atoms with Gasteiger partial charge in [0.2, 0.25) is 0 Å². The van der Waals surface area contributed by atoms with Gasteiger partial charge in [0.15, 0.2) is 0 Å². The SMILES string of the molecule is CCNCC(CC)N1CCC=C(C)C1. The normalized spacial score (nSPS) is 20.6. The Hall–Kier alpha value is -0.340. The largest absolute Gasteiger partial charge is 0.315 e. The Kier molecular flexibility index (Phi) is 5.20. The molecule has 1 unspecified atom stereocenters. The molecule has 0 bridgehead atoms. The summed E-state index contributed by atoms with van der Waals surface area (Å²) in [6.45, 7) is 11.3. The monoisotopic (exact) mass is 196 g/mol. The van der Waals surface area contributed by atoms with E-state index in [0.717, 1.165) is 19.1 Å². The third-order valence-corrected chi connectivity index (χ3v) is 2.98. The number of nitrogens with zero attached hydrogens (tertiary/aromatic N) is 1. The van der Waals surface area contributed by atoms with Crippen LogP contribution in [-0.2, 0) is 0 Å². The predicted molar refractivity (Wildman–Crippen MR) is 62.6 cm³/mol. The quantitative estimate of drug-likeness (QED) is 0.677. The summed E-state index contributed by atoms with van der Waals surface area (Å²) in [4.78, 5) is 2.61. The molecule has 0 aliphatic carbocycles. The molecule has 0 aromatic heterocycles. The fourth-order valence-electron chi connectivity index (χ4n) is 2.09. The Balaban J connectivity index is 2.40. The van der Waals surface area contributed by atoms with Gasteiger partial charge in [0.25, 0.3) is 0 Å². The minimum absolute atomic E-state index is 0.721. The second-order valence-electron chi connectivity index (χ2n) is 4.18. The summed E-state index contributed by atoms with van der Waals surface area (Å²) in [5, 5.41) is 3.45. The predicted octanol–water partition coefficient (Wildman–Crippen LogP) is 2.03. The molecule has 0 amide bonds. The fourth-order valence-corrected chi connectivity index (χ4v) is 2.09. The van der Waals surface area contributed by atoms with E-state index < -0.39 is 0 Å². The molecule has 1 heterocycles. The zero-order valence-electron chi connectivity index (χ0n) is 9.84. The molecule has 1 aliphatic heterocycles. The molecule has 0 saturated carbocycles. The third-order valence-electron chi connectivity index (χ3n) is 2.98. The summed E-state index contributed by atoms with van der Waals surface area (Å²) >= 11 is 0. The van der Waals surface area contributed by atoms with Crippen LogP contribution in [0.1, 0.15) is 33.6 Å². The van der Waals surface area contributed by atoms with Crippen LogP contribution in [-0.4, -0.2) is 37.1 Å². The lowest BCUT2D eigenvalue weighted by atomic mass is 10.1. The van der Waals surface area contributed by atoms with Crippen LogP contribution in [0, 0.1) is 0 Å². The van der Waals surface area contributed by atoms with E-state index in [-0.39, 0.29) is 0 Å². The summed E-state index contributed by atoms with van der Waals surface area (Å²) in [6.07, 6.45) is 4.85. The maximum absolute atomic E-state index is 3.45. The second-order valence-corrected chi connectivity index (χ2v) is 4.18. The first-order valence-electron chi connectivity index (χ1n) is 5.88.